The Bertz CT molecular complexity index is 486. The summed E-state index contributed by atoms with van der Waals surface area (Å²) in [6, 6.07) is -1.86. The van der Waals surface area contributed by atoms with Gasteiger partial charge in [-0.3, -0.25) is 14.4 Å². The number of carbonyl (C=O) groups excluding carboxylic acids is 2. The molecule has 0 aliphatic carbocycles. The molecule has 0 unspecified atom stereocenters. The number of unbranched alkanes of at least 4 members (excludes halogenated alkanes) is 1. The van der Waals surface area contributed by atoms with Crippen molar-refractivity contribution in [3.05, 3.63) is 0 Å². The Morgan fingerprint density at radius 2 is 1.75 bits per heavy atom. The van der Waals surface area contributed by atoms with E-state index < -0.39 is 42.9 Å². The highest BCUT2D eigenvalue weighted by Gasteiger charge is 2.28. The third-order valence-corrected chi connectivity index (χ3v) is 4.80. The van der Waals surface area contributed by atoms with E-state index in [-0.39, 0.29) is 19.3 Å². The summed E-state index contributed by atoms with van der Waals surface area (Å²) in [5.41, 5.74) is 10.9. The number of nitrogens with two attached hydrogens (primary N) is 2. The van der Waals surface area contributed by atoms with Crippen LogP contribution in [-0.4, -0.2) is 76.6 Å². The van der Waals surface area contributed by atoms with Crippen molar-refractivity contribution in [1.29, 1.82) is 0 Å². The number of hydrogen-bond acceptors (Lipinski definition) is 8. The van der Waals surface area contributed by atoms with Gasteiger partial charge in [0.2, 0.25) is 11.8 Å². The lowest BCUT2D eigenvalue weighted by Crippen LogP contribution is -2.54. The van der Waals surface area contributed by atoms with Crippen LogP contribution in [0.3, 0.4) is 0 Å². The minimum absolute atomic E-state index is 0.0418. The third kappa shape index (κ3) is 12.2. The summed E-state index contributed by atoms with van der Waals surface area (Å²) in [6.45, 7) is 0.459. The van der Waals surface area contributed by atoms with Crippen LogP contribution in [0.25, 0.3) is 0 Å². The molecule has 10 nitrogen and oxygen atoms in total. The molecule has 0 fully saturated rings. The Morgan fingerprint density at radius 1 is 1.07 bits per heavy atom. The molecule has 9 N–H and O–H groups in total. The predicted octanol–water partition coefficient (Wildman–Crippen LogP) is -1.57. The van der Waals surface area contributed by atoms with Gasteiger partial charge in [-0.1, -0.05) is 0 Å². The van der Waals surface area contributed by atoms with Gasteiger partial charge in [0.15, 0.2) is 0 Å². The van der Waals surface area contributed by atoms with Crippen molar-refractivity contribution in [3.63, 3.8) is 0 Å². The summed E-state index contributed by atoms with van der Waals surface area (Å²) < 4.78 is 0. The highest BCUT2D eigenvalue weighted by Crippen LogP contribution is 2.07. The molecule has 28 heavy (non-hydrogen) atoms. The monoisotopic (exact) mass is 420 g/mol. The molecule has 2 amide bonds. The Kier molecular flexibility index (Phi) is 14.8. The Labute approximate surface area is 170 Å². The van der Waals surface area contributed by atoms with Gasteiger partial charge in [-0.15, -0.1) is 0 Å². The summed E-state index contributed by atoms with van der Waals surface area (Å²) in [5, 5.41) is 32.8. The van der Waals surface area contributed by atoms with E-state index in [0.29, 0.717) is 38.0 Å². The number of carboxylic acids is 1. The lowest BCUT2D eigenvalue weighted by Gasteiger charge is -2.23. The minimum atomic E-state index is -1.70. The quantitative estimate of drug-likeness (QED) is 0.114. The molecular weight excluding hydrogens is 387 g/mol. The zero-order chi connectivity index (χ0) is 21.5. The SMILES string of the molecule is CSCC[C@H](NC(=O)[C@H](CCCCN)NC(=O)CCC[C@H](N)C(=O)O)B(O)O. The molecule has 0 bridgehead atoms. The number of rotatable bonds is 16. The predicted molar refractivity (Wildman–Crippen MR) is 109 cm³/mol. The smallest absolute Gasteiger partial charge is 0.475 e. The average molecular weight is 420 g/mol. The molecule has 0 aromatic carbocycles. The maximum Gasteiger partial charge on any atom is 0.475 e. The van der Waals surface area contributed by atoms with Gasteiger partial charge in [0.1, 0.15) is 12.1 Å². The topological polar surface area (TPSA) is 188 Å². The summed E-state index contributed by atoms with van der Waals surface area (Å²) in [5.74, 6) is -2.21. The average Bonchev–Trinajstić information content (AvgIpc) is 2.63. The molecule has 0 aliphatic rings. The first-order chi connectivity index (χ1) is 13.2. The number of thioether (sulfide) groups is 1. The number of carboxylic acid groups (broad SMARTS) is 1. The number of amides is 2. The van der Waals surface area contributed by atoms with Gasteiger partial charge < -0.3 is 37.3 Å². The van der Waals surface area contributed by atoms with E-state index in [0.717, 1.165) is 0 Å². The maximum absolute atomic E-state index is 12.5. The normalized spacial score (nSPS) is 14.0. The van der Waals surface area contributed by atoms with Crippen LogP contribution in [-0.2, 0) is 14.4 Å². The Morgan fingerprint density at radius 3 is 2.29 bits per heavy atom. The van der Waals surface area contributed by atoms with E-state index in [1.54, 1.807) is 0 Å². The fourth-order valence-corrected chi connectivity index (χ4v) is 2.95. The van der Waals surface area contributed by atoms with Crippen LogP contribution < -0.4 is 22.1 Å². The van der Waals surface area contributed by atoms with Crippen LogP contribution in [0.15, 0.2) is 0 Å². The molecule has 0 spiro atoms. The fraction of sp³-hybridized carbons (Fsp3) is 0.812. The zero-order valence-electron chi connectivity index (χ0n) is 16.3. The molecule has 0 radical (unpaired) electrons. The second-order valence-electron chi connectivity index (χ2n) is 6.55. The van der Waals surface area contributed by atoms with E-state index in [4.69, 9.17) is 16.6 Å². The van der Waals surface area contributed by atoms with E-state index in [1.165, 1.54) is 11.8 Å². The van der Waals surface area contributed by atoms with Crippen molar-refractivity contribution in [1.82, 2.24) is 10.6 Å². The van der Waals surface area contributed by atoms with Crippen LogP contribution in [0.1, 0.15) is 44.9 Å². The summed E-state index contributed by atoms with van der Waals surface area (Å²) in [6.07, 6.45) is 4.39. The number of hydrogen-bond donors (Lipinski definition) is 7. The van der Waals surface area contributed by atoms with Gasteiger partial charge in [0.05, 0.1) is 5.94 Å². The van der Waals surface area contributed by atoms with Crippen LogP contribution in [0.2, 0.25) is 0 Å². The van der Waals surface area contributed by atoms with Crippen LogP contribution in [0.5, 0.6) is 0 Å². The van der Waals surface area contributed by atoms with Crippen molar-refractivity contribution >= 4 is 36.7 Å². The second kappa shape index (κ2) is 15.6. The first-order valence-electron chi connectivity index (χ1n) is 9.36. The largest absolute Gasteiger partial charge is 0.480 e. The molecule has 0 aliphatic heterocycles. The second-order valence-corrected chi connectivity index (χ2v) is 7.54. The third-order valence-electron chi connectivity index (χ3n) is 4.16. The Balaban J connectivity index is 4.74. The molecule has 162 valence electrons. The minimum Gasteiger partial charge on any atom is -0.480 e. The first-order valence-corrected chi connectivity index (χ1v) is 10.8. The molecule has 0 rings (SSSR count). The first kappa shape index (κ1) is 26.7. The van der Waals surface area contributed by atoms with Crippen LogP contribution in [0.4, 0.5) is 0 Å². The van der Waals surface area contributed by atoms with Crippen molar-refractivity contribution in [3.8, 4) is 0 Å². The van der Waals surface area contributed by atoms with Crippen molar-refractivity contribution in [2.45, 2.75) is 63.0 Å². The molecule has 12 heteroatoms. The van der Waals surface area contributed by atoms with Crippen molar-refractivity contribution < 1.29 is 29.5 Å². The summed E-state index contributed by atoms with van der Waals surface area (Å²) in [7, 11) is -1.70. The van der Waals surface area contributed by atoms with Gasteiger partial charge >= 0.3 is 13.1 Å². The van der Waals surface area contributed by atoms with E-state index in [9.17, 15) is 24.4 Å². The number of aliphatic carboxylic acids is 1. The number of carbonyl (C=O) groups is 3. The van der Waals surface area contributed by atoms with E-state index in [1.807, 2.05) is 6.26 Å². The molecule has 0 aromatic heterocycles. The summed E-state index contributed by atoms with van der Waals surface area (Å²) >= 11 is 1.51. The van der Waals surface area contributed by atoms with E-state index in [2.05, 4.69) is 10.6 Å². The molecule has 0 aromatic rings. The van der Waals surface area contributed by atoms with Crippen LogP contribution in [0, 0.1) is 0 Å². The van der Waals surface area contributed by atoms with Crippen molar-refractivity contribution in [2.75, 3.05) is 18.6 Å². The molecule has 3 atom stereocenters. The van der Waals surface area contributed by atoms with Gasteiger partial charge in [0.25, 0.3) is 0 Å². The molecule has 0 heterocycles. The lowest BCUT2D eigenvalue weighted by molar-refractivity contribution is -0.138. The highest BCUT2D eigenvalue weighted by atomic mass is 32.2. The van der Waals surface area contributed by atoms with Gasteiger partial charge in [-0.05, 0) is 57.1 Å². The molecule has 0 saturated carbocycles. The number of nitrogens with one attached hydrogen (secondary N) is 2. The van der Waals surface area contributed by atoms with Crippen molar-refractivity contribution in [2.24, 2.45) is 11.5 Å². The van der Waals surface area contributed by atoms with Gasteiger partial charge in [0, 0.05) is 6.42 Å². The lowest BCUT2D eigenvalue weighted by atomic mass is 9.77. The molecular formula is C16H33BN4O6S. The zero-order valence-corrected chi connectivity index (χ0v) is 17.1. The fourth-order valence-electron chi connectivity index (χ4n) is 2.46. The van der Waals surface area contributed by atoms with E-state index >= 15 is 0 Å². The van der Waals surface area contributed by atoms with Crippen LogP contribution >= 0.6 is 11.8 Å². The highest BCUT2D eigenvalue weighted by molar-refractivity contribution is 7.98. The standard InChI is InChI=1S/C16H33BN4O6S/c1-28-10-8-13(17(26)27)21-15(23)12(6-2-3-9-18)20-14(22)7-4-5-11(19)16(24)25/h11-13,26-27H,2-10,18-19H2,1H3,(H,20,22)(H,21,23)(H,24,25)/t11-,12-,13-/m0/s1. The molecule has 0 saturated heterocycles. The summed E-state index contributed by atoms with van der Waals surface area (Å²) in [4.78, 5) is 35.4. The van der Waals surface area contributed by atoms with Gasteiger partial charge in [-0.25, -0.2) is 0 Å². The Hall–Kier alpha value is -1.34. The van der Waals surface area contributed by atoms with Gasteiger partial charge in [-0.2, -0.15) is 11.8 Å². The maximum atomic E-state index is 12.5.